The third-order valence-corrected chi connectivity index (χ3v) is 4.99. The molecule has 0 saturated carbocycles. The lowest BCUT2D eigenvalue weighted by Gasteiger charge is -2.08. The van der Waals surface area contributed by atoms with Crippen LogP contribution in [0, 0.1) is 0 Å². The van der Waals surface area contributed by atoms with Gasteiger partial charge in [0.25, 0.3) is 11.8 Å². The number of ether oxygens (including phenoxy) is 2. The smallest absolute Gasteiger partial charge is 0.251 e. The molecule has 0 radical (unpaired) electrons. The zero-order valence-electron chi connectivity index (χ0n) is 19.3. The summed E-state index contributed by atoms with van der Waals surface area (Å²) in [7, 11) is 0. The topological polar surface area (TPSA) is 76.7 Å². The summed E-state index contributed by atoms with van der Waals surface area (Å²) in [4.78, 5) is 24.4. The highest BCUT2D eigenvalue weighted by atomic mass is 16.5. The van der Waals surface area contributed by atoms with Gasteiger partial charge in [-0.15, -0.1) is 0 Å². The molecule has 2 aromatic rings. The number of nitrogens with one attached hydrogen (secondary N) is 2. The van der Waals surface area contributed by atoms with Crippen molar-refractivity contribution in [1.29, 1.82) is 0 Å². The van der Waals surface area contributed by atoms with Gasteiger partial charge in [0.2, 0.25) is 0 Å². The van der Waals surface area contributed by atoms with Crippen LogP contribution in [-0.4, -0.2) is 38.1 Å². The maximum absolute atomic E-state index is 12.2. The molecule has 0 heterocycles. The van der Waals surface area contributed by atoms with Crippen molar-refractivity contribution in [3.05, 3.63) is 59.7 Å². The van der Waals surface area contributed by atoms with E-state index >= 15 is 0 Å². The predicted molar refractivity (Wildman–Crippen MR) is 128 cm³/mol. The Bertz CT molecular complexity index is 769. The van der Waals surface area contributed by atoms with Gasteiger partial charge in [0.1, 0.15) is 11.5 Å². The average molecular weight is 441 g/mol. The van der Waals surface area contributed by atoms with Gasteiger partial charge in [-0.1, -0.05) is 37.8 Å². The molecule has 0 unspecified atom stereocenters. The fourth-order valence-electron chi connectivity index (χ4n) is 3.35. The Morgan fingerprint density at radius 3 is 1.47 bits per heavy atom. The van der Waals surface area contributed by atoms with E-state index in [-0.39, 0.29) is 11.8 Å². The van der Waals surface area contributed by atoms with Crippen LogP contribution in [0.5, 0.6) is 11.5 Å². The zero-order chi connectivity index (χ0) is 23.0. The Labute approximate surface area is 191 Å². The number of rotatable bonds is 15. The van der Waals surface area contributed by atoms with Crippen molar-refractivity contribution in [2.45, 2.75) is 52.4 Å². The minimum atomic E-state index is -0.0610. The number of carbonyl (C=O) groups excluding carboxylic acids is 2. The first-order chi connectivity index (χ1) is 15.6. The lowest BCUT2D eigenvalue weighted by molar-refractivity contribution is 0.0944. The molecule has 0 fully saturated rings. The molecule has 0 atom stereocenters. The van der Waals surface area contributed by atoms with Gasteiger partial charge >= 0.3 is 0 Å². The summed E-state index contributed by atoms with van der Waals surface area (Å²) in [5.74, 6) is 1.31. The fraction of sp³-hybridized carbons (Fsp3) is 0.462. The second-order valence-electron chi connectivity index (χ2n) is 7.55. The summed E-state index contributed by atoms with van der Waals surface area (Å²) in [5.41, 5.74) is 1.25. The summed E-state index contributed by atoms with van der Waals surface area (Å²) in [6.45, 7) is 6.36. The van der Waals surface area contributed by atoms with Gasteiger partial charge in [0.05, 0.1) is 13.2 Å². The number of unbranched alkanes of at least 4 members (excludes halogenated alkanes) is 5. The molecule has 6 heteroatoms. The Balaban J connectivity index is 1.49. The van der Waals surface area contributed by atoms with E-state index in [1.807, 2.05) is 38.1 Å². The van der Waals surface area contributed by atoms with Crippen molar-refractivity contribution >= 4 is 11.8 Å². The van der Waals surface area contributed by atoms with Crippen LogP contribution < -0.4 is 20.1 Å². The highest BCUT2D eigenvalue weighted by Crippen LogP contribution is 2.14. The molecule has 2 amide bonds. The van der Waals surface area contributed by atoms with Gasteiger partial charge in [0.15, 0.2) is 0 Å². The standard InChI is InChI=1S/C26H36N2O4/c1-3-31-23-15-11-13-21(19-23)25(29)27-17-9-7-5-6-8-10-18-28-26(30)22-14-12-16-24(20-22)32-4-2/h11-16,19-20H,3-10,17-18H2,1-2H3,(H,27,29)(H,28,30). The van der Waals surface area contributed by atoms with Gasteiger partial charge in [-0.3, -0.25) is 9.59 Å². The second-order valence-corrected chi connectivity index (χ2v) is 7.55. The van der Waals surface area contributed by atoms with Crippen molar-refractivity contribution in [3.8, 4) is 11.5 Å². The highest BCUT2D eigenvalue weighted by molar-refractivity contribution is 5.95. The van der Waals surface area contributed by atoms with Crippen LogP contribution in [-0.2, 0) is 0 Å². The van der Waals surface area contributed by atoms with Crippen molar-refractivity contribution in [1.82, 2.24) is 10.6 Å². The molecule has 0 aliphatic heterocycles. The molecule has 6 nitrogen and oxygen atoms in total. The summed E-state index contributed by atoms with van der Waals surface area (Å²) in [5, 5.41) is 5.94. The van der Waals surface area contributed by atoms with E-state index < -0.39 is 0 Å². The van der Waals surface area contributed by atoms with E-state index in [2.05, 4.69) is 10.6 Å². The second kappa shape index (κ2) is 14.9. The van der Waals surface area contributed by atoms with Gasteiger partial charge in [-0.2, -0.15) is 0 Å². The molecule has 0 aliphatic carbocycles. The third-order valence-electron chi connectivity index (χ3n) is 4.99. The van der Waals surface area contributed by atoms with Gasteiger partial charge in [-0.25, -0.2) is 0 Å². The van der Waals surface area contributed by atoms with Crippen LogP contribution in [0.15, 0.2) is 48.5 Å². The van der Waals surface area contributed by atoms with Crippen LogP contribution in [0.25, 0.3) is 0 Å². The molecule has 0 aromatic heterocycles. The molecule has 0 aliphatic rings. The van der Waals surface area contributed by atoms with Crippen LogP contribution in [0.2, 0.25) is 0 Å². The minimum Gasteiger partial charge on any atom is -0.494 e. The maximum atomic E-state index is 12.2. The Morgan fingerprint density at radius 2 is 1.06 bits per heavy atom. The molecule has 174 valence electrons. The number of amides is 2. The van der Waals surface area contributed by atoms with E-state index in [0.29, 0.717) is 37.4 Å². The molecule has 2 rings (SSSR count). The van der Waals surface area contributed by atoms with Crippen molar-refractivity contribution < 1.29 is 19.1 Å². The number of hydrogen-bond donors (Lipinski definition) is 2. The number of hydrogen-bond acceptors (Lipinski definition) is 4. The molecule has 0 spiro atoms. The lowest BCUT2D eigenvalue weighted by Crippen LogP contribution is -2.24. The van der Waals surface area contributed by atoms with E-state index in [0.717, 1.165) is 50.0 Å². The predicted octanol–water partition coefficient (Wildman–Crippen LogP) is 4.98. The quantitative estimate of drug-likeness (QED) is 0.383. The first-order valence-corrected chi connectivity index (χ1v) is 11.7. The summed E-state index contributed by atoms with van der Waals surface area (Å²) < 4.78 is 10.9. The normalized spacial score (nSPS) is 10.4. The molecule has 0 saturated heterocycles. The molecule has 2 aromatic carbocycles. The summed E-state index contributed by atoms with van der Waals surface area (Å²) >= 11 is 0. The largest absolute Gasteiger partial charge is 0.494 e. The summed E-state index contributed by atoms with van der Waals surface area (Å²) in [6, 6.07) is 14.5. The maximum Gasteiger partial charge on any atom is 0.251 e. The monoisotopic (exact) mass is 440 g/mol. The van der Waals surface area contributed by atoms with Gasteiger partial charge < -0.3 is 20.1 Å². The molecular formula is C26H36N2O4. The van der Waals surface area contributed by atoms with Crippen LogP contribution >= 0.6 is 0 Å². The van der Waals surface area contributed by atoms with Gasteiger partial charge in [-0.05, 0) is 63.1 Å². The van der Waals surface area contributed by atoms with E-state index in [1.54, 1.807) is 24.3 Å². The van der Waals surface area contributed by atoms with Crippen molar-refractivity contribution in [2.24, 2.45) is 0 Å². The van der Waals surface area contributed by atoms with Crippen LogP contribution in [0.3, 0.4) is 0 Å². The fourth-order valence-corrected chi connectivity index (χ4v) is 3.35. The van der Waals surface area contributed by atoms with Gasteiger partial charge in [0, 0.05) is 24.2 Å². The molecule has 2 N–H and O–H groups in total. The number of benzene rings is 2. The first kappa shape index (κ1) is 25.2. The Morgan fingerprint density at radius 1 is 0.656 bits per heavy atom. The Hall–Kier alpha value is -3.02. The number of carbonyl (C=O) groups is 2. The molecule has 0 bridgehead atoms. The Kier molecular flexibility index (Phi) is 11.7. The molecular weight excluding hydrogens is 404 g/mol. The summed E-state index contributed by atoms with van der Waals surface area (Å²) in [6.07, 6.45) is 6.33. The van der Waals surface area contributed by atoms with Crippen molar-refractivity contribution in [2.75, 3.05) is 26.3 Å². The van der Waals surface area contributed by atoms with E-state index in [1.165, 1.54) is 0 Å². The van der Waals surface area contributed by atoms with Crippen LogP contribution in [0.4, 0.5) is 0 Å². The van der Waals surface area contributed by atoms with Crippen LogP contribution in [0.1, 0.15) is 73.1 Å². The zero-order valence-corrected chi connectivity index (χ0v) is 19.3. The first-order valence-electron chi connectivity index (χ1n) is 11.7. The molecule has 32 heavy (non-hydrogen) atoms. The minimum absolute atomic E-state index is 0.0610. The average Bonchev–Trinajstić information content (AvgIpc) is 2.81. The lowest BCUT2D eigenvalue weighted by atomic mass is 10.1. The van der Waals surface area contributed by atoms with Crippen molar-refractivity contribution in [3.63, 3.8) is 0 Å². The SMILES string of the molecule is CCOc1cccc(C(=O)NCCCCCCCCNC(=O)c2cccc(OCC)c2)c1. The van der Waals surface area contributed by atoms with E-state index in [4.69, 9.17) is 9.47 Å². The highest BCUT2D eigenvalue weighted by Gasteiger charge is 2.07. The third kappa shape index (κ3) is 9.41. The van der Waals surface area contributed by atoms with E-state index in [9.17, 15) is 9.59 Å².